The van der Waals surface area contributed by atoms with Crippen molar-refractivity contribution in [2.24, 2.45) is 0 Å². The molecule has 0 unspecified atom stereocenters. The molecule has 5 rings (SSSR count). The van der Waals surface area contributed by atoms with Crippen LogP contribution in [0.2, 0.25) is 0 Å². The van der Waals surface area contributed by atoms with Gasteiger partial charge in [-0.1, -0.05) is 65.2 Å². The molecule has 8 nitrogen and oxygen atoms in total. The number of sulfonamides is 1. The molecule has 0 aliphatic carbocycles. The molecule has 0 atom stereocenters. The van der Waals surface area contributed by atoms with Gasteiger partial charge < -0.3 is 9.15 Å². The molecule has 0 spiro atoms. The largest absolute Gasteiger partial charge is 0.465 e. The summed E-state index contributed by atoms with van der Waals surface area (Å²) < 4.78 is 40.0. The minimum atomic E-state index is -3.89. The van der Waals surface area contributed by atoms with Gasteiger partial charge in [0.2, 0.25) is 10.0 Å². The SMILES string of the molecule is COC(=O)C1=C(C)N(c2ccc(C)cc2)C(=O)/C1=C/c1ccc(CN(Cc2ccc(C)cc2)S(=O)(=O)c2ccc(C)cc2)o1. The Morgan fingerprint density at radius 3 is 1.98 bits per heavy atom. The number of aryl methyl sites for hydroxylation is 3. The molecule has 4 aromatic rings. The van der Waals surface area contributed by atoms with Crippen molar-refractivity contribution in [1.29, 1.82) is 0 Å². The molecule has 1 aliphatic heterocycles. The van der Waals surface area contributed by atoms with Crippen molar-refractivity contribution in [3.8, 4) is 0 Å². The lowest BCUT2D eigenvalue weighted by molar-refractivity contribution is -0.136. The van der Waals surface area contributed by atoms with Gasteiger partial charge in [-0.2, -0.15) is 4.31 Å². The minimum absolute atomic E-state index is 0.0462. The van der Waals surface area contributed by atoms with Crippen molar-refractivity contribution in [1.82, 2.24) is 4.31 Å². The highest BCUT2D eigenvalue weighted by Gasteiger charge is 2.38. The molecule has 0 bridgehead atoms. The van der Waals surface area contributed by atoms with Gasteiger partial charge in [-0.25, -0.2) is 13.2 Å². The summed E-state index contributed by atoms with van der Waals surface area (Å²) in [5.74, 6) is -0.364. The molecule has 1 aromatic heterocycles. The number of hydrogen-bond acceptors (Lipinski definition) is 6. The fraction of sp³-hybridized carbons (Fsp3) is 0.200. The first-order chi connectivity index (χ1) is 21.0. The number of hydrogen-bond donors (Lipinski definition) is 0. The number of methoxy groups -OCH3 is 1. The third kappa shape index (κ3) is 6.29. The summed E-state index contributed by atoms with van der Waals surface area (Å²) in [7, 11) is -2.62. The van der Waals surface area contributed by atoms with Gasteiger partial charge in [0.1, 0.15) is 11.5 Å². The van der Waals surface area contributed by atoms with Gasteiger partial charge in [0, 0.05) is 17.9 Å². The van der Waals surface area contributed by atoms with E-state index in [-0.39, 0.29) is 29.1 Å². The topological polar surface area (TPSA) is 97.1 Å². The lowest BCUT2D eigenvalue weighted by atomic mass is 10.1. The van der Waals surface area contributed by atoms with Crippen LogP contribution >= 0.6 is 0 Å². The van der Waals surface area contributed by atoms with Crippen LogP contribution in [-0.2, 0) is 37.4 Å². The summed E-state index contributed by atoms with van der Waals surface area (Å²) in [4.78, 5) is 28.1. The third-order valence-electron chi connectivity index (χ3n) is 7.52. The quantitative estimate of drug-likeness (QED) is 0.159. The van der Waals surface area contributed by atoms with E-state index in [4.69, 9.17) is 9.15 Å². The summed E-state index contributed by atoms with van der Waals surface area (Å²) in [5.41, 5.74) is 5.22. The average Bonchev–Trinajstić information content (AvgIpc) is 3.55. The molecule has 226 valence electrons. The normalized spacial score (nSPS) is 14.6. The number of rotatable bonds is 9. The number of carbonyl (C=O) groups excluding carboxylic acids is 2. The predicted molar refractivity (Wildman–Crippen MR) is 169 cm³/mol. The summed E-state index contributed by atoms with van der Waals surface area (Å²) in [6.45, 7) is 7.60. The number of nitrogens with zero attached hydrogens (tertiary/aromatic N) is 2. The Morgan fingerprint density at radius 2 is 1.39 bits per heavy atom. The average molecular weight is 611 g/mol. The number of carbonyl (C=O) groups is 2. The van der Waals surface area contributed by atoms with Crippen LogP contribution in [0.3, 0.4) is 0 Å². The van der Waals surface area contributed by atoms with Gasteiger partial charge in [0.15, 0.2) is 0 Å². The maximum atomic E-state index is 13.8. The summed E-state index contributed by atoms with van der Waals surface area (Å²) in [5, 5.41) is 0. The van der Waals surface area contributed by atoms with Crippen molar-refractivity contribution in [2.75, 3.05) is 12.0 Å². The van der Waals surface area contributed by atoms with Crippen molar-refractivity contribution in [2.45, 2.75) is 45.7 Å². The molecular weight excluding hydrogens is 576 g/mol. The van der Waals surface area contributed by atoms with Gasteiger partial charge in [-0.3, -0.25) is 9.69 Å². The maximum absolute atomic E-state index is 13.8. The molecule has 1 aliphatic rings. The van der Waals surface area contributed by atoms with Gasteiger partial charge >= 0.3 is 5.97 Å². The first-order valence-corrected chi connectivity index (χ1v) is 15.6. The van der Waals surface area contributed by atoms with E-state index in [1.54, 1.807) is 43.3 Å². The van der Waals surface area contributed by atoms with Gasteiger partial charge in [0.25, 0.3) is 5.91 Å². The molecule has 3 aromatic carbocycles. The number of anilines is 1. The first kappa shape index (κ1) is 30.7. The fourth-order valence-corrected chi connectivity index (χ4v) is 6.43. The number of ether oxygens (including phenoxy) is 1. The number of esters is 1. The zero-order valence-corrected chi connectivity index (χ0v) is 26.1. The Balaban J connectivity index is 1.48. The van der Waals surface area contributed by atoms with E-state index in [2.05, 4.69) is 0 Å². The Morgan fingerprint density at radius 1 is 0.818 bits per heavy atom. The zero-order valence-electron chi connectivity index (χ0n) is 25.3. The smallest absolute Gasteiger partial charge is 0.340 e. The lowest BCUT2D eigenvalue weighted by Crippen LogP contribution is -2.30. The van der Waals surface area contributed by atoms with E-state index in [1.165, 1.54) is 22.4 Å². The first-order valence-electron chi connectivity index (χ1n) is 14.1. The molecule has 0 saturated carbocycles. The van der Waals surface area contributed by atoms with Crippen molar-refractivity contribution in [3.05, 3.63) is 136 Å². The van der Waals surface area contributed by atoms with E-state index in [0.717, 1.165) is 22.3 Å². The second-order valence-corrected chi connectivity index (χ2v) is 12.8. The maximum Gasteiger partial charge on any atom is 0.340 e. The molecular formula is C35H34N2O6S. The molecule has 1 amide bonds. The number of benzene rings is 3. The van der Waals surface area contributed by atoms with Crippen LogP contribution in [0, 0.1) is 20.8 Å². The Bertz CT molecular complexity index is 1870. The molecule has 0 N–H and O–H groups in total. The molecule has 44 heavy (non-hydrogen) atoms. The molecule has 2 heterocycles. The van der Waals surface area contributed by atoms with Gasteiger partial charge in [0.05, 0.1) is 29.7 Å². The molecule has 0 radical (unpaired) electrons. The minimum Gasteiger partial charge on any atom is -0.465 e. The molecule has 0 fully saturated rings. The standard InChI is InChI=1S/C35H34N2O6S/c1-23-6-12-27(13-7-23)21-36(44(40,41)31-18-10-25(3)11-19-31)22-30-17-16-29(43-30)20-32-33(35(39)42-5)26(4)37(34(32)38)28-14-8-24(2)9-15-28/h6-20H,21-22H2,1-5H3/b32-20+. The summed E-state index contributed by atoms with van der Waals surface area (Å²) in [6, 6.07) is 25.1. The van der Waals surface area contributed by atoms with Crippen LogP contribution in [0.4, 0.5) is 5.69 Å². The van der Waals surface area contributed by atoms with E-state index in [1.807, 2.05) is 69.3 Å². The monoisotopic (exact) mass is 610 g/mol. The van der Waals surface area contributed by atoms with E-state index in [0.29, 0.717) is 22.9 Å². The van der Waals surface area contributed by atoms with E-state index in [9.17, 15) is 18.0 Å². The lowest BCUT2D eigenvalue weighted by Gasteiger charge is -2.21. The molecule has 9 heteroatoms. The Labute approximate surface area is 257 Å². The van der Waals surface area contributed by atoms with Crippen LogP contribution < -0.4 is 4.90 Å². The number of allylic oxidation sites excluding steroid dienone is 1. The van der Waals surface area contributed by atoms with Crippen LogP contribution in [0.1, 0.15) is 40.7 Å². The Kier molecular flexibility index (Phi) is 8.71. The second kappa shape index (κ2) is 12.5. The number of furan rings is 1. The zero-order chi connectivity index (χ0) is 31.6. The highest BCUT2D eigenvalue weighted by molar-refractivity contribution is 7.89. The van der Waals surface area contributed by atoms with E-state index < -0.39 is 21.9 Å². The van der Waals surface area contributed by atoms with Crippen LogP contribution in [0.25, 0.3) is 6.08 Å². The fourth-order valence-electron chi connectivity index (χ4n) is 5.04. The number of amides is 1. The summed E-state index contributed by atoms with van der Waals surface area (Å²) >= 11 is 0. The Hall–Kier alpha value is -4.73. The highest BCUT2D eigenvalue weighted by atomic mass is 32.2. The summed E-state index contributed by atoms with van der Waals surface area (Å²) in [6.07, 6.45) is 1.49. The predicted octanol–water partition coefficient (Wildman–Crippen LogP) is 6.47. The van der Waals surface area contributed by atoms with Crippen LogP contribution in [0.15, 0.2) is 111 Å². The van der Waals surface area contributed by atoms with Crippen LogP contribution in [-0.4, -0.2) is 31.7 Å². The highest BCUT2D eigenvalue weighted by Crippen LogP contribution is 2.36. The second-order valence-electron chi connectivity index (χ2n) is 10.9. The van der Waals surface area contributed by atoms with Crippen molar-refractivity contribution >= 4 is 33.7 Å². The molecule has 0 saturated heterocycles. The van der Waals surface area contributed by atoms with Gasteiger partial charge in [-0.15, -0.1) is 0 Å². The van der Waals surface area contributed by atoms with Crippen LogP contribution in [0.5, 0.6) is 0 Å². The van der Waals surface area contributed by atoms with Gasteiger partial charge in [-0.05, 0) is 75.7 Å². The third-order valence-corrected chi connectivity index (χ3v) is 9.33. The van der Waals surface area contributed by atoms with E-state index >= 15 is 0 Å². The van der Waals surface area contributed by atoms with Crippen molar-refractivity contribution in [3.63, 3.8) is 0 Å². The van der Waals surface area contributed by atoms with Crippen molar-refractivity contribution < 1.29 is 27.2 Å².